The molecule has 6 nitrogen and oxygen atoms in total. The summed E-state index contributed by atoms with van der Waals surface area (Å²) in [4.78, 5) is 8.35. The van der Waals surface area contributed by atoms with Crippen molar-refractivity contribution in [1.29, 1.82) is 0 Å². The largest absolute Gasteiger partial charge is 0.373 e. The average Bonchev–Trinajstić information content (AvgIpc) is 2.63. The molecule has 2 rings (SSSR count). The van der Waals surface area contributed by atoms with Crippen LogP contribution in [0, 0.1) is 6.92 Å². The van der Waals surface area contributed by atoms with Crippen LogP contribution in [0.5, 0.6) is 0 Å². The van der Waals surface area contributed by atoms with Crippen molar-refractivity contribution >= 4 is 30.8 Å². The van der Waals surface area contributed by atoms with Gasteiger partial charge in [-0.25, -0.2) is 4.98 Å². The summed E-state index contributed by atoms with van der Waals surface area (Å²) in [5.74, 6) is 1.09. The Morgan fingerprint density at radius 2 is 2.12 bits per heavy atom. The molecule has 2 heterocycles. The van der Waals surface area contributed by atoms with Crippen molar-refractivity contribution in [3.8, 4) is 0 Å². The molecule has 0 aliphatic rings. The van der Waals surface area contributed by atoms with Crippen molar-refractivity contribution in [2.24, 2.45) is 7.05 Å². The Kier molecular flexibility index (Phi) is 2.99. The molecule has 7 heteroatoms. The quantitative estimate of drug-likeness (QED) is 0.729. The number of nitrogens with zero attached hydrogens (tertiary/aromatic N) is 4. The molecule has 0 saturated carbocycles. The van der Waals surface area contributed by atoms with Crippen LogP contribution in [0.25, 0.3) is 0 Å². The van der Waals surface area contributed by atoms with Gasteiger partial charge in [0, 0.05) is 20.3 Å². The first-order valence-electron chi connectivity index (χ1n) is 5.17. The first kappa shape index (κ1) is 11.4. The third-order valence-corrected chi connectivity index (χ3v) is 2.54. The van der Waals surface area contributed by atoms with Gasteiger partial charge in [0.2, 0.25) is 5.95 Å². The van der Waals surface area contributed by atoms with Gasteiger partial charge >= 0.3 is 0 Å². The van der Waals surface area contributed by atoms with E-state index in [2.05, 4.69) is 25.7 Å². The van der Waals surface area contributed by atoms with E-state index in [-0.39, 0.29) is 0 Å². The lowest BCUT2D eigenvalue weighted by atomic mass is 9.99. The van der Waals surface area contributed by atoms with E-state index in [9.17, 15) is 0 Å². The minimum atomic E-state index is 0.486. The van der Waals surface area contributed by atoms with Gasteiger partial charge in [0.15, 0.2) is 0 Å². The van der Waals surface area contributed by atoms with E-state index < -0.39 is 0 Å². The number of rotatable bonds is 3. The molecule has 0 amide bonds. The maximum atomic E-state index is 5.70. The highest BCUT2D eigenvalue weighted by Gasteiger charge is 2.06. The molecule has 2 aromatic rings. The highest BCUT2D eigenvalue weighted by atomic mass is 15.3. The van der Waals surface area contributed by atoms with Gasteiger partial charge in [0.05, 0.1) is 17.6 Å². The summed E-state index contributed by atoms with van der Waals surface area (Å²) in [6.07, 6.45) is 3.29. The van der Waals surface area contributed by atoms with E-state index in [1.165, 1.54) is 0 Å². The van der Waals surface area contributed by atoms with Gasteiger partial charge in [-0.15, -0.1) is 0 Å². The van der Waals surface area contributed by atoms with E-state index in [1.807, 2.05) is 14.0 Å². The number of hydrogen-bond donors (Lipinski definition) is 2. The summed E-state index contributed by atoms with van der Waals surface area (Å²) in [6.45, 7) is 1.96. The van der Waals surface area contributed by atoms with Crippen molar-refractivity contribution in [2.75, 3.05) is 17.7 Å². The van der Waals surface area contributed by atoms with Crippen LogP contribution in [0.3, 0.4) is 0 Å². The second kappa shape index (κ2) is 4.44. The Balaban J connectivity index is 2.27. The van der Waals surface area contributed by atoms with E-state index in [4.69, 9.17) is 7.85 Å². The monoisotopic (exact) mass is 228 g/mol. The summed E-state index contributed by atoms with van der Waals surface area (Å²) < 4.78 is 1.78. The Labute approximate surface area is 101 Å². The van der Waals surface area contributed by atoms with Gasteiger partial charge in [-0.1, -0.05) is 0 Å². The predicted molar refractivity (Wildman–Crippen MR) is 68.2 cm³/mol. The first-order valence-corrected chi connectivity index (χ1v) is 5.17. The number of hydrogen-bond acceptors (Lipinski definition) is 5. The predicted octanol–water partition coefficient (Wildman–Crippen LogP) is 0.0976. The first-order chi connectivity index (χ1) is 8.11. The van der Waals surface area contributed by atoms with Gasteiger partial charge in [0.25, 0.3) is 0 Å². The number of nitrogens with one attached hydrogen (secondary N) is 2. The molecule has 0 unspecified atom stereocenters. The fourth-order valence-electron chi connectivity index (χ4n) is 1.39. The lowest BCUT2D eigenvalue weighted by Crippen LogP contribution is -2.14. The van der Waals surface area contributed by atoms with Crippen LogP contribution in [-0.2, 0) is 7.05 Å². The summed E-state index contributed by atoms with van der Waals surface area (Å²) in [6, 6.07) is 0. The van der Waals surface area contributed by atoms with Crippen LogP contribution in [-0.4, -0.2) is 34.6 Å². The number of anilines is 3. The molecule has 86 valence electrons. The molecule has 2 N–H and O–H groups in total. The summed E-state index contributed by atoms with van der Waals surface area (Å²) in [7, 11) is 9.34. The van der Waals surface area contributed by atoms with Crippen LogP contribution in [0.4, 0.5) is 17.5 Å². The van der Waals surface area contributed by atoms with Crippen LogP contribution < -0.4 is 16.1 Å². The summed E-state index contributed by atoms with van der Waals surface area (Å²) in [5, 5.41) is 10.1. The Hall–Kier alpha value is -2.05. The second-order valence-corrected chi connectivity index (χ2v) is 3.64. The topological polar surface area (TPSA) is 67.7 Å². The summed E-state index contributed by atoms with van der Waals surface area (Å²) in [5.41, 5.74) is 2.40. The third-order valence-electron chi connectivity index (χ3n) is 2.54. The second-order valence-electron chi connectivity index (χ2n) is 3.64. The smallest absolute Gasteiger partial charge is 0.229 e. The van der Waals surface area contributed by atoms with Crippen molar-refractivity contribution in [3.05, 3.63) is 18.1 Å². The molecule has 0 aromatic carbocycles. The highest BCUT2D eigenvalue weighted by molar-refractivity contribution is 6.35. The zero-order chi connectivity index (χ0) is 12.4. The Bertz CT molecular complexity index is 536. The third kappa shape index (κ3) is 2.22. The van der Waals surface area contributed by atoms with Crippen molar-refractivity contribution < 1.29 is 0 Å². The fraction of sp³-hybridized carbons (Fsp3) is 0.300. The molecule has 0 atom stereocenters. The minimum absolute atomic E-state index is 0.486. The molecular formula is C10H13BN6. The molecule has 0 aliphatic carbocycles. The Morgan fingerprint density at radius 3 is 2.71 bits per heavy atom. The molecule has 17 heavy (non-hydrogen) atoms. The van der Waals surface area contributed by atoms with E-state index in [0.717, 1.165) is 11.4 Å². The van der Waals surface area contributed by atoms with Crippen LogP contribution >= 0.6 is 0 Å². The fourth-order valence-corrected chi connectivity index (χ4v) is 1.39. The zero-order valence-corrected chi connectivity index (χ0v) is 10.0. The molecular weight excluding hydrogens is 215 g/mol. The average molecular weight is 228 g/mol. The molecule has 0 spiro atoms. The number of aromatic nitrogens is 4. The van der Waals surface area contributed by atoms with Gasteiger partial charge in [0.1, 0.15) is 13.7 Å². The lowest BCUT2D eigenvalue weighted by molar-refractivity contribution is 0.740. The molecule has 0 aliphatic heterocycles. The minimum Gasteiger partial charge on any atom is -0.373 e. The van der Waals surface area contributed by atoms with E-state index >= 15 is 0 Å². The van der Waals surface area contributed by atoms with Gasteiger partial charge in [-0.3, -0.25) is 4.68 Å². The van der Waals surface area contributed by atoms with Gasteiger partial charge < -0.3 is 10.6 Å². The molecule has 0 fully saturated rings. The molecule has 0 bridgehead atoms. The molecule has 0 saturated heterocycles. The summed E-state index contributed by atoms with van der Waals surface area (Å²) >= 11 is 0. The maximum Gasteiger partial charge on any atom is 0.229 e. The lowest BCUT2D eigenvalue weighted by Gasteiger charge is -2.08. The van der Waals surface area contributed by atoms with Crippen LogP contribution in [0.2, 0.25) is 0 Å². The number of aryl methyl sites for hydroxylation is 1. The van der Waals surface area contributed by atoms with E-state index in [1.54, 1.807) is 24.1 Å². The van der Waals surface area contributed by atoms with Crippen molar-refractivity contribution in [1.82, 2.24) is 19.7 Å². The SMILES string of the molecule is [B]c1cnc(Nc2cnn(C)c2C)nc1NC. The highest BCUT2D eigenvalue weighted by Crippen LogP contribution is 2.16. The van der Waals surface area contributed by atoms with E-state index in [0.29, 0.717) is 17.2 Å². The van der Waals surface area contributed by atoms with Crippen LogP contribution in [0.1, 0.15) is 5.69 Å². The zero-order valence-electron chi connectivity index (χ0n) is 10.0. The Morgan fingerprint density at radius 1 is 1.35 bits per heavy atom. The van der Waals surface area contributed by atoms with Crippen molar-refractivity contribution in [3.63, 3.8) is 0 Å². The maximum absolute atomic E-state index is 5.70. The normalized spacial score (nSPS) is 10.3. The van der Waals surface area contributed by atoms with Crippen molar-refractivity contribution in [2.45, 2.75) is 6.92 Å². The molecule has 2 aromatic heterocycles. The van der Waals surface area contributed by atoms with Gasteiger partial charge in [-0.05, 0) is 12.4 Å². The van der Waals surface area contributed by atoms with Crippen LogP contribution in [0.15, 0.2) is 12.4 Å². The standard InChI is InChI=1S/C10H13BN6/c1-6-8(5-14-17(6)3)15-10-13-4-7(11)9(12-2)16-10/h4-5H,1-3H3,(H2,12,13,15,16). The molecule has 2 radical (unpaired) electrons. The van der Waals surface area contributed by atoms with Gasteiger partial charge in [-0.2, -0.15) is 10.1 Å².